The Kier molecular flexibility index (Phi) is 3.11. The van der Waals surface area contributed by atoms with E-state index in [9.17, 15) is 4.39 Å². The van der Waals surface area contributed by atoms with Crippen molar-refractivity contribution in [3.63, 3.8) is 0 Å². The van der Waals surface area contributed by atoms with Crippen LogP contribution in [0.2, 0.25) is 5.28 Å². The van der Waals surface area contributed by atoms with Crippen molar-refractivity contribution >= 4 is 34.3 Å². The van der Waals surface area contributed by atoms with Crippen molar-refractivity contribution in [3.8, 4) is 5.75 Å². The number of methoxy groups -OCH3 is 1. The molecule has 3 rings (SSSR count). The Bertz CT molecular complexity index is 776. The molecule has 0 aliphatic rings. The number of hydrogen-bond donors (Lipinski definition) is 2. The minimum absolute atomic E-state index is 0.0566. The van der Waals surface area contributed by atoms with Crippen molar-refractivity contribution in [2.45, 2.75) is 0 Å². The number of rotatable bonds is 3. The van der Waals surface area contributed by atoms with E-state index in [2.05, 4.69) is 25.3 Å². The lowest BCUT2D eigenvalue weighted by Crippen LogP contribution is -1.98. The molecule has 0 aliphatic heterocycles. The third-order valence-corrected chi connectivity index (χ3v) is 2.84. The van der Waals surface area contributed by atoms with E-state index in [1.54, 1.807) is 6.07 Å². The van der Waals surface area contributed by atoms with Crippen LogP contribution in [0.5, 0.6) is 5.75 Å². The molecular formula is C12H9ClFN5O. The largest absolute Gasteiger partial charge is 0.494 e. The normalized spacial score (nSPS) is 10.8. The highest BCUT2D eigenvalue weighted by Gasteiger charge is 2.10. The van der Waals surface area contributed by atoms with E-state index in [-0.39, 0.29) is 11.0 Å². The van der Waals surface area contributed by atoms with Crippen LogP contribution >= 0.6 is 11.6 Å². The summed E-state index contributed by atoms with van der Waals surface area (Å²) in [5, 5.41) is 3.02. The van der Waals surface area contributed by atoms with Gasteiger partial charge in [-0.25, -0.2) is 9.37 Å². The summed E-state index contributed by atoms with van der Waals surface area (Å²) in [5.41, 5.74) is 1.53. The molecule has 0 spiro atoms. The lowest BCUT2D eigenvalue weighted by atomic mass is 10.3. The minimum Gasteiger partial charge on any atom is -0.494 e. The molecule has 102 valence electrons. The molecule has 0 radical (unpaired) electrons. The van der Waals surface area contributed by atoms with Crippen molar-refractivity contribution in [2.75, 3.05) is 12.4 Å². The van der Waals surface area contributed by atoms with Gasteiger partial charge in [0.05, 0.1) is 13.4 Å². The van der Waals surface area contributed by atoms with Crippen LogP contribution in [-0.2, 0) is 0 Å². The molecule has 8 heteroatoms. The zero-order valence-corrected chi connectivity index (χ0v) is 11.1. The van der Waals surface area contributed by atoms with Crippen LogP contribution in [0.25, 0.3) is 11.2 Å². The minimum atomic E-state index is -0.474. The number of ether oxygens (including phenoxy) is 1. The fourth-order valence-electron chi connectivity index (χ4n) is 1.78. The first-order chi connectivity index (χ1) is 9.67. The number of hydrogen-bond acceptors (Lipinski definition) is 5. The van der Waals surface area contributed by atoms with Gasteiger partial charge in [-0.05, 0) is 23.7 Å². The quantitative estimate of drug-likeness (QED) is 0.726. The summed E-state index contributed by atoms with van der Waals surface area (Å²) in [4.78, 5) is 14.9. The smallest absolute Gasteiger partial charge is 0.226 e. The molecule has 6 nitrogen and oxygen atoms in total. The summed E-state index contributed by atoms with van der Waals surface area (Å²) in [5.74, 6) is 0.114. The van der Waals surface area contributed by atoms with Crippen LogP contribution in [-0.4, -0.2) is 27.0 Å². The second-order valence-corrected chi connectivity index (χ2v) is 4.25. The number of benzene rings is 1. The van der Waals surface area contributed by atoms with Gasteiger partial charge in [-0.2, -0.15) is 9.97 Å². The molecule has 0 saturated heterocycles. The molecule has 0 unspecified atom stereocenters. The number of imidazole rings is 1. The van der Waals surface area contributed by atoms with Gasteiger partial charge in [0, 0.05) is 11.8 Å². The second kappa shape index (κ2) is 4.93. The predicted molar refractivity (Wildman–Crippen MR) is 72.9 cm³/mol. The molecule has 2 heterocycles. The molecule has 0 aliphatic carbocycles. The monoisotopic (exact) mass is 293 g/mol. The van der Waals surface area contributed by atoms with E-state index in [4.69, 9.17) is 16.3 Å². The van der Waals surface area contributed by atoms with Gasteiger partial charge in [-0.1, -0.05) is 0 Å². The molecule has 0 amide bonds. The van der Waals surface area contributed by atoms with E-state index in [0.29, 0.717) is 22.7 Å². The van der Waals surface area contributed by atoms with Crippen LogP contribution in [0.4, 0.5) is 15.9 Å². The topological polar surface area (TPSA) is 75.7 Å². The summed E-state index contributed by atoms with van der Waals surface area (Å²) in [7, 11) is 1.41. The maximum Gasteiger partial charge on any atom is 0.226 e. The molecule has 2 N–H and O–H groups in total. The molecule has 0 atom stereocenters. The average Bonchev–Trinajstić information content (AvgIpc) is 2.87. The summed E-state index contributed by atoms with van der Waals surface area (Å²) in [6, 6.07) is 4.49. The lowest BCUT2D eigenvalue weighted by molar-refractivity contribution is 0.386. The van der Waals surface area contributed by atoms with E-state index >= 15 is 0 Å². The van der Waals surface area contributed by atoms with Gasteiger partial charge in [0.15, 0.2) is 23.0 Å². The lowest BCUT2D eigenvalue weighted by Gasteiger charge is -2.08. The van der Waals surface area contributed by atoms with Gasteiger partial charge in [0.1, 0.15) is 5.52 Å². The Morgan fingerprint density at radius 1 is 1.35 bits per heavy atom. The molecule has 0 fully saturated rings. The van der Waals surface area contributed by atoms with Crippen LogP contribution in [0, 0.1) is 5.82 Å². The predicted octanol–water partition coefficient (Wildman–Crippen LogP) is 2.90. The summed E-state index contributed by atoms with van der Waals surface area (Å²) >= 11 is 5.82. The first-order valence-electron chi connectivity index (χ1n) is 5.64. The Morgan fingerprint density at radius 2 is 2.20 bits per heavy atom. The molecule has 3 aromatic rings. The van der Waals surface area contributed by atoms with Gasteiger partial charge in [0.2, 0.25) is 5.28 Å². The summed E-state index contributed by atoms with van der Waals surface area (Å²) in [6.45, 7) is 0. The van der Waals surface area contributed by atoms with Gasteiger partial charge in [0.25, 0.3) is 0 Å². The first kappa shape index (κ1) is 12.6. The van der Waals surface area contributed by atoms with Gasteiger partial charge < -0.3 is 15.0 Å². The third-order valence-electron chi connectivity index (χ3n) is 2.67. The van der Waals surface area contributed by atoms with Crippen molar-refractivity contribution in [3.05, 3.63) is 35.6 Å². The van der Waals surface area contributed by atoms with Crippen molar-refractivity contribution in [1.29, 1.82) is 0 Å². The van der Waals surface area contributed by atoms with Crippen molar-refractivity contribution < 1.29 is 9.13 Å². The van der Waals surface area contributed by atoms with Crippen LogP contribution < -0.4 is 10.1 Å². The van der Waals surface area contributed by atoms with E-state index in [0.717, 1.165) is 0 Å². The van der Waals surface area contributed by atoms with Crippen LogP contribution in [0.15, 0.2) is 24.5 Å². The fraction of sp³-hybridized carbons (Fsp3) is 0.0833. The Morgan fingerprint density at radius 3 is 2.95 bits per heavy atom. The maximum absolute atomic E-state index is 13.6. The van der Waals surface area contributed by atoms with Gasteiger partial charge in [-0.3, -0.25) is 0 Å². The van der Waals surface area contributed by atoms with E-state index in [1.807, 2.05) is 0 Å². The zero-order chi connectivity index (χ0) is 14.1. The molecule has 0 saturated carbocycles. The number of nitrogens with one attached hydrogen (secondary N) is 2. The number of fused-ring (bicyclic) bond motifs is 1. The molecule has 0 bridgehead atoms. The number of H-pyrrole nitrogens is 1. The second-order valence-electron chi connectivity index (χ2n) is 3.92. The summed E-state index contributed by atoms with van der Waals surface area (Å²) in [6.07, 6.45) is 1.48. The molecule has 1 aromatic carbocycles. The number of nitrogens with zero attached hydrogens (tertiary/aromatic N) is 3. The molecular weight excluding hydrogens is 285 g/mol. The average molecular weight is 294 g/mol. The van der Waals surface area contributed by atoms with E-state index < -0.39 is 5.82 Å². The van der Waals surface area contributed by atoms with Crippen LogP contribution in [0.3, 0.4) is 0 Å². The van der Waals surface area contributed by atoms with Crippen molar-refractivity contribution in [2.24, 2.45) is 0 Å². The molecule has 20 heavy (non-hydrogen) atoms. The van der Waals surface area contributed by atoms with Gasteiger partial charge >= 0.3 is 0 Å². The number of aromatic nitrogens is 4. The van der Waals surface area contributed by atoms with Gasteiger partial charge in [-0.15, -0.1) is 0 Å². The third kappa shape index (κ3) is 2.23. The summed E-state index contributed by atoms with van der Waals surface area (Å²) < 4.78 is 18.5. The fourth-order valence-corrected chi connectivity index (χ4v) is 1.94. The highest BCUT2D eigenvalue weighted by Crippen LogP contribution is 2.26. The van der Waals surface area contributed by atoms with E-state index in [1.165, 1.54) is 25.6 Å². The first-order valence-corrected chi connectivity index (χ1v) is 6.02. The Hall–Kier alpha value is -2.41. The Labute approximate surface area is 118 Å². The standard InChI is InChI=1S/C12H9ClFN5O/c1-20-8-3-2-6(4-7(8)14)17-11-9-10(16-5-15-9)18-12(13)19-11/h2-5H,1H3,(H2,15,16,17,18,19). The highest BCUT2D eigenvalue weighted by atomic mass is 35.5. The number of halogens is 2. The number of anilines is 2. The van der Waals surface area contributed by atoms with Crippen molar-refractivity contribution in [1.82, 2.24) is 19.9 Å². The SMILES string of the molecule is COc1ccc(Nc2nc(Cl)nc3nc[nH]c23)cc1F. The zero-order valence-electron chi connectivity index (χ0n) is 10.3. The molecule has 2 aromatic heterocycles. The highest BCUT2D eigenvalue weighted by molar-refractivity contribution is 6.28. The Balaban J connectivity index is 2.00. The maximum atomic E-state index is 13.6. The number of aromatic amines is 1. The van der Waals surface area contributed by atoms with Crippen LogP contribution in [0.1, 0.15) is 0 Å².